The quantitative estimate of drug-likeness (QED) is 0.684. The molecule has 1 saturated heterocycles. The summed E-state index contributed by atoms with van der Waals surface area (Å²) in [6.07, 6.45) is 2.87. The molecule has 0 saturated carbocycles. The summed E-state index contributed by atoms with van der Waals surface area (Å²) in [5.74, 6) is 0.726. The lowest BCUT2D eigenvalue weighted by Crippen LogP contribution is -2.53. The molecule has 0 bridgehead atoms. The van der Waals surface area contributed by atoms with Crippen molar-refractivity contribution in [3.63, 3.8) is 0 Å². The molecule has 1 fully saturated rings. The van der Waals surface area contributed by atoms with E-state index >= 15 is 0 Å². The van der Waals surface area contributed by atoms with Crippen LogP contribution in [0.2, 0.25) is 5.02 Å². The molecular weight excluding hydrogens is 420 g/mol. The zero-order chi connectivity index (χ0) is 22.6. The molecule has 2 amide bonds. The highest BCUT2D eigenvalue weighted by Gasteiger charge is 2.30. The maximum atomic E-state index is 12.5. The number of ether oxygens (including phenoxy) is 1. The molecule has 0 radical (unpaired) electrons. The fourth-order valence-electron chi connectivity index (χ4n) is 3.10. The number of hydrogen-bond acceptors (Lipinski definition) is 6. The maximum absolute atomic E-state index is 12.5. The van der Waals surface area contributed by atoms with Gasteiger partial charge >= 0.3 is 6.09 Å². The van der Waals surface area contributed by atoms with E-state index in [0.29, 0.717) is 37.0 Å². The van der Waals surface area contributed by atoms with Crippen molar-refractivity contribution in [2.24, 2.45) is 5.92 Å². The third-order valence-electron chi connectivity index (χ3n) is 4.58. The number of tetrazole rings is 1. The molecule has 0 aliphatic carbocycles. The fraction of sp³-hybridized carbons (Fsp3) is 0.476. The molecule has 0 spiro atoms. The molecule has 2 aromatic rings. The minimum atomic E-state index is -0.528. The van der Waals surface area contributed by atoms with Gasteiger partial charge in [0.1, 0.15) is 5.60 Å². The van der Waals surface area contributed by atoms with Crippen molar-refractivity contribution in [1.29, 1.82) is 0 Å². The van der Waals surface area contributed by atoms with Crippen molar-refractivity contribution < 1.29 is 14.3 Å². The van der Waals surface area contributed by atoms with Crippen LogP contribution in [0.15, 0.2) is 24.3 Å². The molecule has 1 aliphatic heterocycles. The van der Waals surface area contributed by atoms with Gasteiger partial charge in [-0.05, 0) is 62.2 Å². The highest BCUT2D eigenvalue weighted by atomic mass is 35.5. The molecule has 166 valence electrons. The predicted octanol–water partition coefficient (Wildman–Crippen LogP) is 2.68. The van der Waals surface area contributed by atoms with Gasteiger partial charge in [0.05, 0.1) is 6.54 Å². The average Bonchev–Trinajstić information content (AvgIpc) is 3.03. The summed E-state index contributed by atoms with van der Waals surface area (Å²) in [6, 6.07) is 5.46. The highest BCUT2D eigenvalue weighted by molar-refractivity contribution is 6.30. The first kappa shape index (κ1) is 22.7. The predicted molar refractivity (Wildman–Crippen MR) is 116 cm³/mol. The van der Waals surface area contributed by atoms with E-state index in [0.717, 1.165) is 11.1 Å². The van der Waals surface area contributed by atoms with E-state index in [4.69, 9.17) is 16.3 Å². The number of nitrogens with one attached hydrogen (secondary N) is 1. The molecule has 10 heteroatoms. The number of alkyl carbamates (subject to hydrolysis) is 1. The van der Waals surface area contributed by atoms with Gasteiger partial charge in [0, 0.05) is 36.7 Å². The third-order valence-corrected chi connectivity index (χ3v) is 4.81. The van der Waals surface area contributed by atoms with Gasteiger partial charge in [0.25, 0.3) is 0 Å². The van der Waals surface area contributed by atoms with E-state index < -0.39 is 11.7 Å². The van der Waals surface area contributed by atoms with Crippen molar-refractivity contribution in [3.8, 4) is 0 Å². The number of amides is 2. The number of carbonyl (C=O) groups excluding carboxylic acids is 2. The number of aryl methyl sites for hydroxylation is 1. The van der Waals surface area contributed by atoms with Gasteiger partial charge in [0.15, 0.2) is 5.82 Å². The van der Waals surface area contributed by atoms with E-state index in [2.05, 4.69) is 20.7 Å². The lowest BCUT2D eigenvalue weighted by molar-refractivity contribution is -0.131. The van der Waals surface area contributed by atoms with Gasteiger partial charge in [-0.2, -0.15) is 4.80 Å². The molecule has 1 N–H and O–H groups in total. The summed E-state index contributed by atoms with van der Waals surface area (Å²) in [7, 11) is 0. The first-order chi connectivity index (χ1) is 14.6. The van der Waals surface area contributed by atoms with Crippen molar-refractivity contribution in [2.75, 3.05) is 19.6 Å². The van der Waals surface area contributed by atoms with Crippen LogP contribution in [0.3, 0.4) is 0 Å². The topological polar surface area (TPSA) is 102 Å². The molecule has 2 heterocycles. The van der Waals surface area contributed by atoms with E-state index in [1.54, 1.807) is 30.0 Å². The molecule has 1 aromatic heterocycles. The molecule has 31 heavy (non-hydrogen) atoms. The number of likely N-dealkylation sites (tertiary alicyclic amines) is 1. The molecular formula is C21H27ClN6O3. The number of nitrogens with zero attached hydrogens (tertiary/aromatic N) is 5. The molecule has 0 unspecified atom stereocenters. The Bertz CT molecular complexity index is 976. The summed E-state index contributed by atoms with van der Waals surface area (Å²) in [4.78, 5) is 27.4. The lowest BCUT2D eigenvalue weighted by atomic mass is 10.00. The van der Waals surface area contributed by atoms with E-state index in [-0.39, 0.29) is 11.8 Å². The second-order valence-corrected chi connectivity index (χ2v) is 8.97. The molecule has 1 aromatic carbocycles. The number of carbonyl (C=O) groups is 2. The van der Waals surface area contributed by atoms with Crippen molar-refractivity contribution >= 4 is 29.7 Å². The first-order valence-corrected chi connectivity index (χ1v) is 10.4. The Balaban J connectivity index is 1.51. The summed E-state index contributed by atoms with van der Waals surface area (Å²) in [5, 5.41) is 15.4. The number of rotatable bonds is 6. The van der Waals surface area contributed by atoms with Crippen molar-refractivity contribution in [3.05, 3.63) is 46.2 Å². The van der Waals surface area contributed by atoms with Crippen LogP contribution in [0.5, 0.6) is 0 Å². The Labute approximate surface area is 186 Å². The van der Waals surface area contributed by atoms with Crippen LogP contribution >= 0.6 is 11.6 Å². The van der Waals surface area contributed by atoms with Crippen LogP contribution in [0, 0.1) is 12.8 Å². The maximum Gasteiger partial charge on any atom is 0.407 e. The van der Waals surface area contributed by atoms with Gasteiger partial charge in [-0.25, -0.2) is 4.79 Å². The van der Waals surface area contributed by atoms with Gasteiger partial charge in [0.2, 0.25) is 5.91 Å². The molecule has 1 aliphatic rings. The van der Waals surface area contributed by atoms with Gasteiger partial charge in [-0.3, -0.25) is 4.79 Å². The number of benzene rings is 1. The second kappa shape index (κ2) is 9.47. The van der Waals surface area contributed by atoms with Crippen LogP contribution in [0.4, 0.5) is 4.79 Å². The smallest absolute Gasteiger partial charge is 0.407 e. The van der Waals surface area contributed by atoms with Crippen LogP contribution < -0.4 is 5.32 Å². The second-order valence-electron chi connectivity index (χ2n) is 8.54. The SMILES string of the molecule is Cc1nnn(Cc2cc(Cl)ccc2/C=C/C(=O)N2CC(CNC(=O)OC(C)(C)C)C2)n1. The largest absolute Gasteiger partial charge is 0.444 e. The monoisotopic (exact) mass is 446 g/mol. The van der Waals surface area contributed by atoms with E-state index in [1.807, 2.05) is 32.9 Å². The number of aromatic nitrogens is 4. The first-order valence-electron chi connectivity index (χ1n) is 10.1. The standard InChI is InChI=1S/C21H27ClN6O3/c1-14-24-26-28(25-14)13-17-9-18(22)7-5-16(17)6-8-19(29)27-11-15(12-27)10-23-20(30)31-21(2,3)4/h5-9,15H,10-13H2,1-4H3,(H,23,30)/b8-6+. The fourth-order valence-corrected chi connectivity index (χ4v) is 3.30. The summed E-state index contributed by atoms with van der Waals surface area (Å²) in [6.45, 7) is 9.29. The molecule has 0 atom stereocenters. The summed E-state index contributed by atoms with van der Waals surface area (Å²) in [5.41, 5.74) is 1.22. The van der Waals surface area contributed by atoms with Crippen LogP contribution in [-0.2, 0) is 16.1 Å². The Morgan fingerprint density at radius 2 is 2.06 bits per heavy atom. The number of hydrogen-bond donors (Lipinski definition) is 1. The number of halogens is 1. The van der Waals surface area contributed by atoms with Crippen LogP contribution in [0.25, 0.3) is 6.08 Å². The van der Waals surface area contributed by atoms with E-state index in [9.17, 15) is 9.59 Å². The minimum absolute atomic E-state index is 0.0795. The Kier molecular flexibility index (Phi) is 6.94. The Hall–Kier alpha value is -2.94. The Morgan fingerprint density at radius 3 is 2.71 bits per heavy atom. The zero-order valence-electron chi connectivity index (χ0n) is 18.1. The van der Waals surface area contributed by atoms with Crippen LogP contribution in [0.1, 0.15) is 37.7 Å². The van der Waals surface area contributed by atoms with Crippen molar-refractivity contribution in [2.45, 2.75) is 39.8 Å². The highest BCUT2D eigenvalue weighted by Crippen LogP contribution is 2.20. The van der Waals surface area contributed by atoms with E-state index in [1.165, 1.54) is 4.80 Å². The van der Waals surface area contributed by atoms with Gasteiger partial charge in [-0.1, -0.05) is 17.7 Å². The zero-order valence-corrected chi connectivity index (χ0v) is 18.9. The summed E-state index contributed by atoms with van der Waals surface area (Å²) >= 11 is 6.13. The third kappa shape index (κ3) is 6.78. The molecule has 3 rings (SSSR count). The minimum Gasteiger partial charge on any atom is -0.444 e. The summed E-state index contributed by atoms with van der Waals surface area (Å²) < 4.78 is 5.22. The lowest BCUT2D eigenvalue weighted by Gasteiger charge is -2.38. The van der Waals surface area contributed by atoms with Gasteiger partial charge < -0.3 is 15.0 Å². The average molecular weight is 447 g/mol. The van der Waals surface area contributed by atoms with Crippen LogP contribution in [-0.4, -0.2) is 62.3 Å². The normalized spacial score (nSPS) is 14.5. The Morgan fingerprint density at radius 1 is 1.32 bits per heavy atom. The van der Waals surface area contributed by atoms with Crippen molar-refractivity contribution in [1.82, 2.24) is 30.4 Å². The molecule has 9 nitrogen and oxygen atoms in total. The van der Waals surface area contributed by atoms with Gasteiger partial charge in [-0.15, -0.1) is 10.2 Å².